The second kappa shape index (κ2) is 6.34. The van der Waals surface area contributed by atoms with Crippen LogP contribution in [0, 0.1) is 11.8 Å². The predicted octanol–water partition coefficient (Wildman–Crippen LogP) is 0.892. The standard InChI is InChI=1S/C16H27N3O2/c1-11-3-2-7-17-14(11)9-16(21)19-8-6-13-12(10-19)4-5-15(20)18-13/h11-14,17H,2-10H2,1H3,(H,18,20). The molecule has 3 aliphatic heterocycles. The van der Waals surface area contributed by atoms with E-state index in [9.17, 15) is 9.59 Å². The van der Waals surface area contributed by atoms with Crippen LogP contribution in [0.15, 0.2) is 0 Å². The number of nitrogens with zero attached hydrogens (tertiary/aromatic N) is 1. The van der Waals surface area contributed by atoms with Gasteiger partial charge in [-0.1, -0.05) is 6.92 Å². The second-order valence-corrected chi connectivity index (χ2v) is 6.99. The van der Waals surface area contributed by atoms with Crippen molar-refractivity contribution in [1.29, 1.82) is 0 Å². The Bertz CT molecular complexity index is 412. The monoisotopic (exact) mass is 293 g/mol. The van der Waals surface area contributed by atoms with Crippen LogP contribution < -0.4 is 10.6 Å². The van der Waals surface area contributed by atoms with Crippen molar-refractivity contribution in [3.8, 4) is 0 Å². The zero-order valence-electron chi connectivity index (χ0n) is 12.9. The van der Waals surface area contributed by atoms with Gasteiger partial charge in [0.2, 0.25) is 11.8 Å². The highest BCUT2D eigenvalue weighted by Crippen LogP contribution is 2.26. The van der Waals surface area contributed by atoms with Gasteiger partial charge in [0.15, 0.2) is 0 Å². The molecule has 0 radical (unpaired) electrons. The van der Waals surface area contributed by atoms with Gasteiger partial charge in [-0.15, -0.1) is 0 Å². The van der Waals surface area contributed by atoms with E-state index < -0.39 is 0 Å². The van der Waals surface area contributed by atoms with Crippen LogP contribution in [0.5, 0.6) is 0 Å². The third kappa shape index (κ3) is 3.39. The molecule has 0 bridgehead atoms. The third-order valence-electron chi connectivity index (χ3n) is 5.50. The minimum atomic E-state index is 0.177. The summed E-state index contributed by atoms with van der Waals surface area (Å²) in [4.78, 5) is 26.0. The number of carbonyl (C=O) groups is 2. The molecule has 0 aromatic carbocycles. The van der Waals surface area contributed by atoms with E-state index in [0.29, 0.717) is 36.8 Å². The summed E-state index contributed by atoms with van der Waals surface area (Å²) in [5, 5.41) is 6.57. The first-order chi connectivity index (χ1) is 10.1. The van der Waals surface area contributed by atoms with Crippen molar-refractivity contribution in [2.45, 2.75) is 57.5 Å². The molecule has 3 fully saturated rings. The average molecular weight is 293 g/mol. The van der Waals surface area contributed by atoms with Crippen LogP contribution in [-0.4, -0.2) is 48.4 Å². The van der Waals surface area contributed by atoms with E-state index >= 15 is 0 Å². The quantitative estimate of drug-likeness (QED) is 0.795. The molecule has 2 N–H and O–H groups in total. The van der Waals surface area contributed by atoms with Crippen LogP contribution in [-0.2, 0) is 9.59 Å². The van der Waals surface area contributed by atoms with Gasteiger partial charge in [-0.2, -0.15) is 0 Å². The summed E-state index contributed by atoms with van der Waals surface area (Å²) in [6.07, 6.45) is 5.53. The van der Waals surface area contributed by atoms with Gasteiger partial charge in [-0.3, -0.25) is 9.59 Å². The first kappa shape index (κ1) is 14.8. The summed E-state index contributed by atoms with van der Waals surface area (Å²) in [6.45, 7) is 4.90. The molecule has 3 aliphatic rings. The van der Waals surface area contributed by atoms with Gasteiger partial charge in [-0.25, -0.2) is 0 Å². The van der Waals surface area contributed by atoms with Gasteiger partial charge in [-0.05, 0) is 44.1 Å². The lowest BCUT2D eigenvalue weighted by Gasteiger charge is -2.42. The molecule has 21 heavy (non-hydrogen) atoms. The Morgan fingerprint density at radius 1 is 1.33 bits per heavy atom. The van der Waals surface area contributed by atoms with Crippen molar-refractivity contribution in [2.24, 2.45) is 11.8 Å². The van der Waals surface area contributed by atoms with Crippen molar-refractivity contribution in [3.63, 3.8) is 0 Å². The van der Waals surface area contributed by atoms with E-state index in [0.717, 1.165) is 32.5 Å². The Balaban J connectivity index is 1.53. The number of rotatable bonds is 2. The molecule has 0 aromatic heterocycles. The summed E-state index contributed by atoms with van der Waals surface area (Å²) in [5.74, 6) is 1.51. The summed E-state index contributed by atoms with van der Waals surface area (Å²) < 4.78 is 0. The first-order valence-electron chi connectivity index (χ1n) is 8.44. The molecular formula is C16H27N3O2. The smallest absolute Gasteiger partial charge is 0.224 e. The maximum atomic E-state index is 12.5. The molecule has 0 aromatic rings. The Labute approximate surface area is 126 Å². The minimum Gasteiger partial charge on any atom is -0.353 e. The van der Waals surface area contributed by atoms with Gasteiger partial charge < -0.3 is 15.5 Å². The highest BCUT2D eigenvalue weighted by atomic mass is 16.2. The highest BCUT2D eigenvalue weighted by molar-refractivity contribution is 5.78. The van der Waals surface area contributed by atoms with Gasteiger partial charge in [0.25, 0.3) is 0 Å². The van der Waals surface area contributed by atoms with E-state index in [1.807, 2.05) is 4.90 Å². The Morgan fingerprint density at radius 3 is 3.00 bits per heavy atom. The van der Waals surface area contributed by atoms with Gasteiger partial charge in [0.1, 0.15) is 0 Å². The Hall–Kier alpha value is -1.10. The number of likely N-dealkylation sites (tertiary alicyclic amines) is 1. The van der Waals surface area contributed by atoms with Crippen LogP contribution in [0.4, 0.5) is 0 Å². The maximum absolute atomic E-state index is 12.5. The lowest BCUT2D eigenvalue weighted by atomic mass is 9.84. The number of nitrogens with one attached hydrogen (secondary N) is 2. The number of hydrogen-bond donors (Lipinski definition) is 2. The fourth-order valence-corrected chi connectivity index (χ4v) is 4.04. The summed E-state index contributed by atoms with van der Waals surface area (Å²) in [5.41, 5.74) is 0. The van der Waals surface area contributed by atoms with Crippen molar-refractivity contribution in [2.75, 3.05) is 19.6 Å². The molecular weight excluding hydrogens is 266 g/mol. The SMILES string of the molecule is CC1CCCNC1CC(=O)N1CCC2NC(=O)CCC2C1. The molecule has 0 spiro atoms. The molecule has 5 nitrogen and oxygen atoms in total. The van der Waals surface area contributed by atoms with Crippen LogP contribution in [0.2, 0.25) is 0 Å². The average Bonchev–Trinajstić information content (AvgIpc) is 2.49. The molecule has 2 amide bonds. The molecule has 4 atom stereocenters. The number of hydrogen-bond acceptors (Lipinski definition) is 3. The molecule has 3 heterocycles. The zero-order valence-corrected chi connectivity index (χ0v) is 12.9. The van der Waals surface area contributed by atoms with Gasteiger partial charge in [0, 0.05) is 38.0 Å². The van der Waals surface area contributed by atoms with Crippen molar-refractivity contribution in [3.05, 3.63) is 0 Å². The van der Waals surface area contributed by atoms with Gasteiger partial charge >= 0.3 is 0 Å². The molecule has 118 valence electrons. The third-order valence-corrected chi connectivity index (χ3v) is 5.50. The molecule has 0 saturated carbocycles. The van der Waals surface area contributed by atoms with Gasteiger partial charge in [0.05, 0.1) is 0 Å². The summed E-state index contributed by atoms with van der Waals surface area (Å²) in [6, 6.07) is 0.636. The molecule has 0 aliphatic carbocycles. The largest absolute Gasteiger partial charge is 0.353 e. The zero-order chi connectivity index (χ0) is 14.8. The lowest BCUT2D eigenvalue weighted by Crippen LogP contribution is -2.55. The van der Waals surface area contributed by atoms with Crippen LogP contribution in [0.25, 0.3) is 0 Å². The number of piperidine rings is 3. The number of carbonyl (C=O) groups excluding carboxylic acids is 2. The lowest BCUT2D eigenvalue weighted by molar-refractivity contribution is -0.135. The van der Waals surface area contributed by atoms with E-state index in [4.69, 9.17) is 0 Å². The topological polar surface area (TPSA) is 61.4 Å². The highest BCUT2D eigenvalue weighted by Gasteiger charge is 2.36. The van der Waals surface area contributed by atoms with E-state index in [1.165, 1.54) is 12.8 Å². The van der Waals surface area contributed by atoms with E-state index in [1.54, 1.807) is 0 Å². The summed E-state index contributed by atoms with van der Waals surface area (Å²) >= 11 is 0. The van der Waals surface area contributed by atoms with E-state index in [-0.39, 0.29) is 11.8 Å². The van der Waals surface area contributed by atoms with Crippen LogP contribution in [0.3, 0.4) is 0 Å². The second-order valence-electron chi connectivity index (χ2n) is 6.99. The fourth-order valence-electron chi connectivity index (χ4n) is 4.04. The molecule has 5 heteroatoms. The van der Waals surface area contributed by atoms with Crippen LogP contribution >= 0.6 is 0 Å². The molecule has 4 unspecified atom stereocenters. The summed E-state index contributed by atoms with van der Waals surface area (Å²) in [7, 11) is 0. The normalized spacial score (nSPS) is 36.8. The maximum Gasteiger partial charge on any atom is 0.224 e. The predicted molar refractivity (Wildman–Crippen MR) is 80.7 cm³/mol. The fraction of sp³-hybridized carbons (Fsp3) is 0.875. The first-order valence-corrected chi connectivity index (χ1v) is 8.44. The van der Waals surface area contributed by atoms with Crippen molar-refractivity contribution < 1.29 is 9.59 Å². The molecule has 3 saturated heterocycles. The Kier molecular flexibility index (Phi) is 4.48. The number of amides is 2. The molecule has 3 rings (SSSR count). The number of fused-ring (bicyclic) bond motifs is 1. The van der Waals surface area contributed by atoms with E-state index in [2.05, 4.69) is 17.6 Å². The minimum absolute atomic E-state index is 0.177. The van der Waals surface area contributed by atoms with Crippen molar-refractivity contribution >= 4 is 11.8 Å². The van der Waals surface area contributed by atoms with Crippen molar-refractivity contribution in [1.82, 2.24) is 15.5 Å². The van der Waals surface area contributed by atoms with Crippen LogP contribution in [0.1, 0.15) is 45.4 Å². The Morgan fingerprint density at radius 2 is 2.19 bits per heavy atom.